The van der Waals surface area contributed by atoms with E-state index in [1.165, 1.54) is 26.4 Å². The monoisotopic (exact) mass is 576 g/mol. The first-order valence-corrected chi connectivity index (χ1v) is 13.5. The number of aryl methyl sites for hydroxylation is 1. The van der Waals surface area contributed by atoms with Crippen molar-refractivity contribution in [2.24, 2.45) is 7.05 Å². The molecule has 0 atom stereocenters. The Bertz CT molecular complexity index is 1510. The van der Waals surface area contributed by atoms with Crippen molar-refractivity contribution in [3.05, 3.63) is 82.4 Å². The lowest BCUT2D eigenvalue weighted by Crippen LogP contribution is -2.23. The average molecular weight is 577 g/mol. The van der Waals surface area contributed by atoms with Gasteiger partial charge < -0.3 is 29.0 Å². The van der Waals surface area contributed by atoms with Crippen molar-refractivity contribution in [3.8, 4) is 11.5 Å². The maximum atomic E-state index is 14.4. The molecule has 0 saturated heterocycles. The molecule has 10 heteroatoms. The van der Waals surface area contributed by atoms with Crippen LogP contribution in [0.5, 0.6) is 11.5 Å². The lowest BCUT2D eigenvalue weighted by molar-refractivity contribution is -0.120. The zero-order chi connectivity index (χ0) is 30.4. The number of fused-ring (bicyclic) bond motifs is 1. The molecule has 0 fully saturated rings. The Kier molecular flexibility index (Phi) is 9.69. The summed E-state index contributed by atoms with van der Waals surface area (Å²) in [5.74, 6) is 0.231. The normalized spacial score (nSPS) is 13.4. The third kappa shape index (κ3) is 7.01. The number of methoxy groups -OCH3 is 2. The van der Waals surface area contributed by atoms with Gasteiger partial charge in [-0.05, 0) is 96.9 Å². The molecular weight excluding hydrogens is 539 g/mol. The van der Waals surface area contributed by atoms with E-state index in [0.717, 1.165) is 33.5 Å². The number of hydrogen-bond donors (Lipinski definition) is 2. The molecule has 2 aromatic carbocycles. The Morgan fingerprint density at radius 1 is 1.05 bits per heavy atom. The van der Waals surface area contributed by atoms with Gasteiger partial charge in [-0.2, -0.15) is 0 Å². The first kappa shape index (κ1) is 30.4. The number of allylic oxidation sites excluding steroid dienone is 2. The summed E-state index contributed by atoms with van der Waals surface area (Å²) < 4.78 is 32.7. The van der Waals surface area contributed by atoms with Crippen LogP contribution in [0.4, 0.5) is 14.9 Å². The molecule has 0 unspecified atom stereocenters. The van der Waals surface area contributed by atoms with Gasteiger partial charge in [-0.25, -0.2) is 9.18 Å². The molecule has 0 saturated carbocycles. The van der Waals surface area contributed by atoms with E-state index in [1.54, 1.807) is 18.2 Å². The molecule has 2 amide bonds. The molecule has 1 aromatic heterocycles. The molecule has 0 bridgehead atoms. The second kappa shape index (κ2) is 13.4. The maximum absolute atomic E-state index is 14.4. The third-order valence-corrected chi connectivity index (χ3v) is 7.15. The number of nitrogens with zero attached hydrogens (tertiary/aromatic N) is 2. The molecule has 3 aromatic rings. The van der Waals surface area contributed by atoms with Gasteiger partial charge in [0.05, 0.1) is 27.2 Å². The lowest BCUT2D eigenvalue weighted by atomic mass is 10.00. The van der Waals surface area contributed by atoms with Crippen molar-refractivity contribution in [1.29, 1.82) is 0 Å². The number of benzene rings is 2. The third-order valence-electron chi connectivity index (χ3n) is 7.15. The number of amides is 2. The van der Waals surface area contributed by atoms with Gasteiger partial charge in [0.15, 0.2) is 0 Å². The SMILES string of the molecule is COc1cc(/C=C2/C(C)=C(CC(=O)NCc3cccn3C)c3cc(F)ccc32)cc(OC)c1NC(=O)OCCN(C)C. The van der Waals surface area contributed by atoms with Gasteiger partial charge in [-0.15, -0.1) is 0 Å². The fraction of sp³-hybridized carbons (Fsp3) is 0.312. The second-order valence-corrected chi connectivity index (χ2v) is 10.3. The number of carbonyl (C=O) groups is 2. The maximum Gasteiger partial charge on any atom is 0.411 e. The Balaban J connectivity index is 1.63. The van der Waals surface area contributed by atoms with E-state index in [0.29, 0.717) is 35.8 Å². The van der Waals surface area contributed by atoms with Crippen LogP contribution in [0, 0.1) is 5.82 Å². The van der Waals surface area contributed by atoms with Crippen molar-refractivity contribution in [2.75, 3.05) is 46.8 Å². The Morgan fingerprint density at radius 2 is 1.76 bits per heavy atom. The highest BCUT2D eigenvalue weighted by atomic mass is 19.1. The molecule has 4 rings (SSSR count). The number of carbonyl (C=O) groups excluding carboxylic acids is 2. The molecular formula is C32H37FN4O5. The summed E-state index contributed by atoms with van der Waals surface area (Å²) in [6, 6.07) is 12.0. The Labute approximate surface area is 245 Å². The highest BCUT2D eigenvalue weighted by Crippen LogP contribution is 2.45. The van der Waals surface area contributed by atoms with Crippen molar-refractivity contribution in [1.82, 2.24) is 14.8 Å². The summed E-state index contributed by atoms with van der Waals surface area (Å²) >= 11 is 0. The fourth-order valence-electron chi connectivity index (χ4n) is 4.84. The van der Waals surface area contributed by atoms with Crippen LogP contribution in [-0.4, -0.2) is 62.9 Å². The zero-order valence-corrected chi connectivity index (χ0v) is 24.8. The van der Waals surface area contributed by atoms with Crippen LogP contribution in [-0.2, 0) is 23.1 Å². The summed E-state index contributed by atoms with van der Waals surface area (Å²) in [6.45, 7) is 3.14. The minimum atomic E-state index is -0.625. The summed E-state index contributed by atoms with van der Waals surface area (Å²) in [6.07, 6.45) is 3.34. The zero-order valence-electron chi connectivity index (χ0n) is 24.8. The van der Waals surface area contributed by atoms with Crippen LogP contribution in [0.2, 0.25) is 0 Å². The van der Waals surface area contributed by atoms with Crippen molar-refractivity contribution in [3.63, 3.8) is 0 Å². The molecule has 0 radical (unpaired) electrons. The van der Waals surface area contributed by atoms with Gasteiger partial charge in [0.2, 0.25) is 5.91 Å². The summed E-state index contributed by atoms with van der Waals surface area (Å²) in [7, 11) is 8.70. The number of rotatable bonds is 11. The highest BCUT2D eigenvalue weighted by Gasteiger charge is 2.26. The summed E-state index contributed by atoms with van der Waals surface area (Å²) in [5, 5.41) is 5.68. The highest BCUT2D eigenvalue weighted by molar-refractivity contribution is 6.08. The van der Waals surface area contributed by atoms with Crippen LogP contribution in [0.25, 0.3) is 17.2 Å². The lowest BCUT2D eigenvalue weighted by Gasteiger charge is -2.16. The topological polar surface area (TPSA) is 94.1 Å². The summed E-state index contributed by atoms with van der Waals surface area (Å²) in [5.41, 5.74) is 6.04. The minimum absolute atomic E-state index is 0.107. The number of likely N-dealkylation sites (N-methyl/N-ethyl adjacent to an activating group) is 1. The van der Waals surface area contributed by atoms with Gasteiger partial charge in [-0.1, -0.05) is 6.07 Å². The van der Waals surface area contributed by atoms with Crippen molar-refractivity contribution in [2.45, 2.75) is 19.9 Å². The van der Waals surface area contributed by atoms with E-state index in [1.807, 2.05) is 61.9 Å². The minimum Gasteiger partial charge on any atom is -0.494 e. The molecule has 1 heterocycles. The van der Waals surface area contributed by atoms with Crippen LogP contribution >= 0.6 is 0 Å². The van der Waals surface area contributed by atoms with Crippen molar-refractivity contribution >= 4 is 34.9 Å². The molecule has 1 aliphatic carbocycles. The molecule has 0 spiro atoms. The molecule has 222 valence electrons. The van der Waals surface area contributed by atoms with Crippen LogP contribution in [0.3, 0.4) is 0 Å². The Hall–Kier alpha value is -4.57. The second-order valence-electron chi connectivity index (χ2n) is 10.3. The van der Waals surface area contributed by atoms with Gasteiger partial charge in [0.1, 0.15) is 29.6 Å². The smallest absolute Gasteiger partial charge is 0.411 e. The first-order chi connectivity index (χ1) is 20.1. The number of halogens is 1. The molecule has 0 aliphatic heterocycles. The fourth-order valence-corrected chi connectivity index (χ4v) is 4.84. The van der Waals surface area contributed by atoms with Gasteiger partial charge in [-0.3, -0.25) is 10.1 Å². The van der Waals surface area contributed by atoms with Crippen molar-refractivity contribution < 1.29 is 28.2 Å². The van der Waals surface area contributed by atoms with E-state index < -0.39 is 6.09 Å². The van der Waals surface area contributed by atoms with Crippen LogP contribution in [0.1, 0.15) is 35.7 Å². The quantitative estimate of drug-likeness (QED) is 0.321. The van der Waals surface area contributed by atoms with Gasteiger partial charge >= 0.3 is 6.09 Å². The van der Waals surface area contributed by atoms with Crippen LogP contribution in [0.15, 0.2) is 54.2 Å². The number of nitrogens with one attached hydrogen (secondary N) is 2. The van der Waals surface area contributed by atoms with Gasteiger partial charge in [0, 0.05) is 25.5 Å². The number of hydrogen-bond acceptors (Lipinski definition) is 6. The Morgan fingerprint density at radius 3 is 2.38 bits per heavy atom. The standard InChI is InChI=1S/C32H37FN4O5/c1-20-25(14-21-15-28(40-5)31(29(16-21)41-6)35-32(39)42-13-12-36(2)3)24-10-9-22(33)17-27(24)26(20)18-30(38)34-19-23-8-7-11-37(23)4/h7-11,14-17H,12-13,18-19H2,1-6H3,(H,34,38)(H,35,39)/b25-14-. The molecule has 42 heavy (non-hydrogen) atoms. The van der Waals surface area contributed by atoms with E-state index in [9.17, 15) is 14.0 Å². The largest absolute Gasteiger partial charge is 0.494 e. The number of anilines is 1. The predicted molar refractivity (Wildman–Crippen MR) is 162 cm³/mol. The summed E-state index contributed by atoms with van der Waals surface area (Å²) in [4.78, 5) is 27.3. The van der Waals surface area contributed by atoms with E-state index in [2.05, 4.69) is 10.6 Å². The number of ether oxygens (including phenoxy) is 3. The molecule has 1 aliphatic rings. The van der Waals surface area contributed by atoms with E-state index >= 15 is 0 Å². The molecule has 2 N–H and O–H groups in total. The van der Waals surface area contributed by atoms with Crippen LogP contribution < -0.4 is 20.1 Å². The van der Waals surface area contributed by atoms with E-state index in [4.69, 9.17) is 14.2 Å². The average Bonchev–Trinajstić information content (AvgIpc) is 3.47. The van der Waals surface area contributed by atoms with E-state index in [-0.39, 0.29) is 24.8 Å². The van der Waals surface area contributed by atoms with Gasteiger partial charge in [0.25, 0.3) is 0 Å². The molecule has 9 nitrogen and oxygen atoms in total. The first-order valence-electron chi connectivity index (χ1n) is 13.5. The number of aromatic nitrogens is 1. The predicted octanol–water partition coefficient (Wildman–Crippen LogP) is 5.33.